The lowest BCUT2D eigenvalue weighted by Gasteiger charge is -2.09. The maximum atomic E-state index is 11.8. The Bertz CT molecular complexity index is 560. The van der Waals surface area contributed by atoms with E-state index in [1.54, 1.807) is 0 Å². The Morgan fingerprint density at radius 1 is 1.39 bits per heavy atom. The summed E-state index contributed by atoms with van der Waals surface area (Å²) in [6.07, 6.45) is 1.91. The maximum absolute atomic E-state index is 11.8. The Morgan fingerprint density at radius 3 is 2.89 bits per heavy atom. The molecule has 0 unspecified atom stereocenters. The standard InChI is InChI=1S/C14H17ClN2O/c1-10(2)8-16-14(18)9-17-6-5-11-7-12(15)3-4-13(11)17/h3-7,10H,8-9H2,1-2H3,(H,16,18). The van der Waals surface area contributed by atoms with E-state index in [4.69, 9.17) is 11.6 Å². The van der Waals surface area contributed by atoms with Crippen molar-refractivity contribution >= 4 is 28.4 Å². The Balaban J connectivity index is 2.10. The molecule has 96 valence electrons. The molecule has 0 spiro atoms. The number of hydrogen-bond donors (Lipinski definition) is 1. The van der Waals surface area contributed by atoms with E-state index in [-0.39, 0.29) is 5.91 Å². The number of benzene rings is 1. The number of carbonyl (C=O) groups is 1. The molecule has 1 aromatic carbocycles. The number of nitrogens with zero attached hydrogens (tertiary/aromatic N) is 1. The van der Waals surface area contributed by atoms with Gasteiger partial charge in [0.15, 0.2) is 0 Å². The van der Waals surface area contributed by atoms with Crippen LogP contribution in [0.5, 0.6) is 0 Å². The van der Waals surface area contributed by atoms with Crippen LogP contribution in [0.4, 0.5) is 0 Å². The molecule has 0 aliphatic carbocycles. The molecule has 0 bridgehead atoms. The van der Waals surface area contributed by atoms with E-state index in [2.05, 4.69) is 19.2 Å². The van der Waals surface area contributed by atoms with Gasteiger partial charge in [0.25, 0.3) is 0 Å². The third-order valence-electron chi connectivity index (χ3n) is 2.75. The van der Waals surface area contributed by atoms with Crippen LogP contribution >= 0.6 is 11.6 Å². The maximum Gasteiger partial charge on any atom is 0.239 e. The van der Waals surface area contributed by atoms with Crippen LogP contribution < -0.4 is 5.32 Å². The van der Waals surface area contributed by atoms with Crippen molar-refractivity contribution in [2.75, 3.05) is 6.54 Å². The van der Waals surface area contributed by atoms with Gasteiger partial charge in [-0.25, -0.2) is 0 Å². The molecule has 0 radical (unpaired) electrons. The van der Waals surface area contributed by atoms with Crippen LogP contribution in [0.2, 0.25) is 5.02 Å². The summed E-state index contributed by atoms with van der Waals surface area (Å²) in [5.74, 6) is 0.505. The molecule has 18 heavy (non-hydrogen) atoms. The van der Waals surface area contributed by atoms with Gasteiger partial charge in [-0.2, -0.15) is 0 Å². The van der Waals surface area contributed by atoms with E-state index in [1.165, 1.54) is 0 Å². The van der Waals surface area contributed by atoms with E-state index < -0.39 is 0 Å². The Labute approximate surface area is 112 Å². The quantitative estimate of drug-likeness (QED) is 0.905. The third-order valence-corrected chi connectivity index (χ3v) is 2.99. The molecule has 3 nitrogen and oxygen atoms in total. The molecule has 2 rings (SSSR count). The summed E-state index contributed by atoms with van der Waals surface area (Å²) in [5.41, 5.74) is 1.03. The van der Waals surface area contributed by atoms with Crippen molar-refractivity contribution in [3.05, 3.63) is 35.5 Å². The SMILES string of the molecule is CC(C)CNC(=O)Cn1ccc2cc(Cl)ccc21. The van der Waals surface area contributed by atoms with Crippen molar-refractivity contribution in [3.63, 3.8) is 0 Å². The normalized spacial score (nSPS) is 11.1. The van der Waals surface area contributed by atoms with E-state index in [0.29, 0.717) is 24.0 Å². The highest BCUT2D eigenvalue weighted by atomic mass is 35.5. The second kappa shape index (κ2) is 5.44. The number of rotatable bonds is 4. The average molecular weight is 265 g/mol. The molecule has 0 aliphatic rings. The molecule has 1 aromatic heterocycles. The number of hydrogen-bond acceptors (Lipinski definition) is 1. The van der Waals surface area contributed by atoms with Crippen LogP contribution in [0.15, 0.2) is 30.5 Å². The second-order valence-electron chi connectivity index (χ2n) is 4.84. The first-order valence-corrected chi connectivity index (χ1v) is 6.45. The molecule has 1 heterocycles. The molecule has 2 aromatic rings. The highest BCUT2D eigenvalue weighted by Gasteiger charge is 2.06. The predicted octanol–water partition coefficient (Wildman–Crippen LogP) is 3.07. The van der Waals surface area contributed by atoms with Gasteiger partial charge in [0.2, 0.25) is 5.91 Å². The smallest absolute Gasteiger partial charge is 0.239 e. The lowest BCUT2D eigenvalue weighted by atomic mass is 10.2. The average Bonchev–Trinajstić information content (AvgIpc) is 2.69. The third kappa shape index (κ3) is 3.05. The zero-order chi connectivity index (χ0) is 13.1. The highest BCUT2D eigenvalue weighted by Crippen LogP contribution is 2.20. The number of amides is 1. The molecule has 0 aliphatic heterocycles. The highest BCUT2D eigenvalue weighted by molar-refractivity contribution is 6.31. The molecule has 0 atom stereocenters. The predicted molar refractivity (Wildman–Crippen MR) is 74.8 cm³/mol. The molecule has 1 amide bonds. The first-order chi connectivity index (χ1) is 8.56. The van der Waals surface area contributed by atoms with Crippen LogP contribution in [0, 0.1) is 5.92 Å². The van der Waals surface area contributed by atoms with E-state index in [1.807, 2.05) is 35.0 Å². The van der Waals surface area contributed by atoms with Gasteiger partial charge in [-0.3, -0.25) is 4.79 Å². The minimum atomic E-state index is 0.0381. The largest absolute Gasteiger partial charge is 0.354 e. The molecule has 0 saturated carbocycles. The summed E-state index contributed by atoms with van der Waals surface area (Å²) in [5, 5.41) is 4.68. The minimum Gasteiger partial charge on any atom is -0.354 e. The molecule has 0 fully saturated rings. The monoisotopic (exact) mass is 264 g/mol. The second-order valence-corrected chi connectivity index (χ2v) is 5.28. The summed E-state index contributed by atoms with van der Waals surface area (Å²) in [6.45, 7) is 5.21. The van der Waals surface area contributed by atoms with Gasteiger partial charge in [-0.1, -0.05) is 25.4 Å². The van der Waals surface area contributed by atoms with Crippen LogP contribution in [0.3, 0.4) is 0 Å². The molecule has 4 heteroatoms. The number of halogens is 1. The molecule has 0 saturated heterocycles. The summed E-state index contributed by atoms with van der Waals surface area (Å²) in [4.78, 5) is 11.8. The Morgan fingerprint density at radius 2 is 2.17 bits per heavy atom. The number of fused-ring (bicyclic) bond motifs is 1. The lowest BCUT2D eigenvalue weighted by Crippen LogP contribution is -2.30. The van der Waals surface area contributed by atoms with Gasteiger partial charge in [-0.05, 0) is 30.2 Å². The van der Waals surface area contributed by atoms with Crippen LogP contribution in [-0.2, 0) is 11.3 Å². The Kier molecular flexibility index (Phi) is 3.92. The fourth-order valence-electron chi connectivity index (χ4n) is 1.84. The first kappa shape index (κ1) is 13.0. The van der Waals surface area contributed by atoms with Crippen molar-refractivity contribution in [1.29, 1.82) is 0 Å². The van der Waals surface area contributed by atoms with Crippen LogP contribution in [0.25, 0.3) is 10.9 Å². The van der Waals surface area contributed by atoms with Crippen LogP contribution in [0.1, 0.15) is 13.8 Å². The lowest BCUT2D eigenvalue weighted by molar-refractivity contribution is -0.121. The fraction of sp³-hybridized carbons (Fsp3) is 0.357. The van der Waals surface area contributed by atoms with Gasteiger partial charge in [0.05, 0.1) is 0 Å². The summed E-state index contributed by atoms with van der Waals surface area (Å²) < 4.78 is 1.93. The number of carbonyl (C=O) groups excluding carboxylic acids is 1. The minimum absolute atomic E-state index is 0.0381. The van der Waals surface area contributed by atoms with Gasteiger partial charge in [-0.15, -0.1) is 0 Å². The van der Waals surface area contributed by atoms with Crippen molar-refractivity contribution in [2.45, 2.75) is 20.4 Å². The zero-order valence-electron chi connectivity index (χ0n) is 10.6. The van der Waals surface area contributed by atoms with Crippen molar-refractivity contribution in [3.8, 4) is 0 Å². The van der Waals surface area contributed by atoms with E-state index in [0.717, 1.165) is 10.9 Å². The fourth-order valence-corrected chi connectivity index (χ4v) is 2.02. The van der Waals surface area contributed by atoms with Crippen LogP contribution in [-0.4, -0.2) is 17.0 Å². The van der Waals surface area contributed by atoms with Crippen molar-refractivity contribution < 1.29 is 4.79 Å². The van der Waals surface area contributed by atoms with Gasteiger partial charge in [0, 0.05) is 28.7 Å². The number of nitrogens with one attached hydrogen (secondary N) is 1. The summed E-state index contributed by atoms with van der Waals surface area (Å²) >= 11 is 5.93. The van der Waals surface area contributed by atoms with Gasteiger partial charge < -0.3 is 9.88 Å². The molecular formula is C14H17ClN2O. The zero-order valence-corrected chi connectivity index (χ0v) is 11.4. The van der Waals surface area contributed by atoms with Gasteiger partial charge in [0.1, 0.15) is 6.54 Å². The van der Waals surface area contributed by atoms with Gasteiger partial charge >= 0.3 is 0 Å². The van der Waals surface area contributed by atoms with E-state index >= 15 is 0 Å². The van der Waals surface area contributed by atoms with E-state index in [9.17, 15) is 4.79 Å². The summed E-state index contributed by atoms with van der Waals surface area (Å²) in [6, 6.07) is 7.65. The molecule has 1 N–H and O–H groups in total. The van der Waals surface area contributed by atoms with Crippen molar-refractivity contribution in [2.24, 2.45) is 5.92 Å². The number of aromatic nitrogens is 1. The van der Waals surface area contributed by atoms with Crippen molar-refractivity contribution in [1.82, 2.24) is 9.88 Å². The molecular weight excluding hydrogens is 248 g/mol. The Hall–Kier alpha value is -1.48. The first-order valence-electron chi connectivity index (χ1n) is 6.07. The topological polar surface area (TPSA) is 34.0 Å². The summed E-state index contributed by atoms with van der Waals surface area (Å²) in [7, 11) is 0.